The molecule has 1 aromatic heterocycles. The zero-order valence-electron chi connectivity index (χ0n) is 14.6. The van der Waals surface area contributed by atoms with Gasteiger partial charge in [-0.2, -0.15) is 0 Å². The van der Waals surface area contributed by atoms with Crippen molar-refractivity contribution in [1.29, 1.82) is 0 Å². The molecule has 8 heteroatoms. The number of carbonyl (C=O) groups excluding carboxylic acids is 1. The number of nitrogens with one attached hydrogen (secondary N) is 1. The van der Waals surface area contributed by atoms with Crippen LogP contribution in [0.25, 0.3) is 11.0 Å². The highest BCUT2D eigenvalue weighted by molar-refractivity contribution is 7.89. The van der Waals surface area contributed by atoms with Gasteiger partial charge in [0.25, 0.3) is 0 Å². The van der Waals surface area contributed by atoms with Crippen LogP contribution in [0.15, 0.2) is 63.9 Å². The van der Waals surface area contributed by atoms with E-state index in [1.165, 1.54) is 31.4 Å². The lowest BCUT2D eigenvalue weighted by Crippen LogP contribution is -2.26. The van der Waals surface area contributed by atoms with Crippen LogP contribution in [0, 0.1) is 0 Å². The summed E-state index contributed by atoms with van der Waals surface area (Å²) in [5, 5.41) is 11.1. The number of hydrogen-bond acceptors (Lipinski definition) is 6. The van der Waals surface area contributed by atoms with Crippen LogP contribution in [0.4, 0.5) is 0 Å². The monoisotopic (exact) mass is 389 g/mol. The minimum absolute atomic E-state index is 0.0216. The fraction of sp³-hybridized carbons (Fsp3) is 0.211. The topological polar surface area (TPSA) is 106 Å². The van der Waals surface area contributed by atoms with Gasteiger partial charge in [-0.3, -0.25) is 0 Å². The number of rotatable bonds is 7. The molecular weight excluding hydrogens is 370 g/mol. The van der Waals surface area contributed by atoms with E-state index in [0.717, 1.165) is 5.39 Å². The first-order chi connectivity index (χ1) is 12.9. The van der Waals surface area contributed by atoms with E-state index in [1.54, 1.807) is 12.1 Å². The molecular formula is C19H19NO6S. The summed E-state index contributed by atoms with van der Waals surface area (Å²) in [6.45, 7) is 0.0271. The lowest BCUT2D eigenvalue weighted by atomic mass is 10.2. The van der Waals surface area contributed by atoms with E-state index in [9.17, 15) is 18.3 Å². The molecule has 0 unspecified atom stereocenters. The van der Waals surface area contributed by atoms with Crippen LogP contribution in [0.5, 0.6) is 0 Å². The van der Waals surface area contributed by atoms with E-state index >= 15 is 0 Å². The normalized spacial score (nSPS) is 12.8. The summed E-state index contributed by atoms with van der Waals surface area (Å²) in [5.41, 5.74) is 0.926. The van der Waals surface area contributed by atoms with Crippen LogP contribution in [-0.4, -0.2) is 33.1 Å². The fourth-order valence-electron chi connectivity index (χ4n) is 2.61. The van der Waals surface area contributed by atoms with Gasteiger partial charge in [0.05, 0.1) is 17.6 Å². The number of methoxy groups -OCH3 is 1. The Hall–Kier alpha value is -2.68. The maximum absolute atomic E-state index is 12.3. The van der Waals surface area contributed by atoms with Crippen LogP contribution in [0.1, 0.15) is 28.6 Å². The molecule has 0 saturated carbocycles. The summed E-state index contributed by atoms with van der Waals surface area (Å²) in [4.78, 5) is 11.4. The van der Waals surface area contributed by atoms with Gasteiger partial charge in [0, 0.05) is 11.9 Å². The number of para-hydroxylation sites is 1. The van der Waals surface area contributed by atoms with Crippen LogP contribution in [-0.2, 0) is 14.8 Å². The van der Waals surface area contributed by atoms with Crippen molar-refractivity contribution in [3.05, 3.63) is 65.9 Å². The van der Waals surface area contributed by atoms with E-state index in [1.807, 2.05) is 18.2 Å². The summed E-state index contributed by atoms with van der Waals surface area (Å²) < 4.78 is 37.2. The third kappa shape index (κ3) is 4.36. The standard InChI is InChI=1S/C19H19NO6S/c1-25-19(22)13-6-8-15(9-7-13)27(23,24)20-11-10-16(21)18-12-14-4-2-3-5-17(14)26-18/h2-9,12,16,20-21H,10-11H2,1H3/t16-/m0/s1. The Morgan fingerprint density at radius 2 is 1.89 bits per heavy atom. The van der Waals surface area contributed by atoms with Gasteiger partial charge >= 0.3 is 5.97 Å². The first-order valence-corrected chi connectivity index (χ1v) is 9.73. The molecule has 142 valence electrons. The van der Waals surface area contributed by atoms with Crippen LogP contribution in [0.2, 0.25) is 0 Å². The van der Waals surface area contributed by atoms with Crippen molar-refractivity contribution in [2.24, 2.45) is 0 Å². The minimum atomic E-state index is -3.76. The molecule has 2 aromatic carbocycles. The van der Waals surface area contributed by atoms with Crippen LogP contribution in [0.3, 0.4) is 0 Å². The Labute approximate surface area is 156 Å². The highest BCUT2D eigenvalue weighted by Gasteiger charge is 2.17. The molecule has 0 aliphatic carbocycles. The first-order valence-electron chi connectivity index (χ1n) is 8.25. The van der Waals surface area contributed by atoms with E-state index < -0.39 is 22.1 Å². The molecule has 1 atom stereocenters. The highest BCUT2D eigenvalue weighted by atomic mass is 32.2. The molecule has 0 saturated heterocycles. The second-order valence-electron chi connectivity index (χ2n) is 5.90. The third-order valence-corrected chi connectivity index (χ3v) is 5.55. The molecule has 1 heterocycles. The molecule has 0 aliphatic heterocycles. The van der Waals surface area contributed by atoms with Gasteiger partial charge in [-0.05, 0) is 42.8 Å². The quantitative estimate of drug-likeness (QED) is 0.602. The van der Waals surface area contributed by atoms with Crippen molar-refractivity contribution in [2.45, 2.75) is 17.4 Å². The number of aliphatic hydroxyl groups excluding tert-OH is 1. The van der Waals surface area contributed by atoms with Crippen molar-refractivity contribution >= 4 is 27.0 Å². The number of esters is 1. The Bertz CT molecular complexity index is 1010. The van der Waals surface area contributed by atoms with Crippen molar-refractivity contribution in [3.63, 3.8) is 0 Å². The maximum Gasteiger partial charge on any atom is 0.337 e. The predicted octanol–water partition coefficient (Wildman–Crippen LogP) is 2.62. The van der Waals surface area contributed by atoms with E-state index in [0.29, 0.717) is 11.3 Å². The largest absolute Gasteiger partial charge is 0.465 e. The summed E-state index contributed by atoms with van der Waals surface area (Å²) in [6, 6.07) is 14.5. The molecule has 0 spiro atoms. The number of sulfonamides is 1. The van der Waals surface area contributed by atoms with Gasteiger partial charge < -0.3 is 14.3 Å². The van der Waals surface area contributed by atoms with Gasteiger partial charge in [-0.15, -0.1) is 0 Å². The van der Waals surface area contributed by atoms with Gasteiger partial charge in [0.1, 0.15) is 17.4 Å². The number of ether oxygens (including phenoxy) is 1. The number of fused-ring (bicyclic) bond motifs is 1. The second-order valence-corrected chi connectivity index (χ2v) is 7.67. The Morgan fingerprint density at radius 3 is 2.56 bits per heavy atom. The minimum Gasteiger partial charge on any atom is -0.465 e. The zero-order chi connectivity index (χ0) is 19.4. The van der Waals surface area contributed by atoms with Crippen molar-refractivity contribution in [3.8, 4) is 0 Å². The molecule has 0 amide bonds. The van der Waals surface area contributed by atoms with E-state index in [-0.39, 0.29) is 23.4 Å². The van der Waals surface area contributed by atoms with Crippen molar-refractivity contribution in [2.75, 3.05) is 13.7 Å². The molecule has 3 aromatic rings. The van der Waals surface area contributed by atoms with Crippen molar-refractivity contribution in [1.82, 2.24) is 4.72 Å². The Morgan fingerprint density at radius 1 is 1.19 bits per heavy atom. The molecule has 0 aliphatic rings. The molecule has 7 nitrogen and oxygen atoms in total. The second kappa shape index (κ2) is 7.91. The summed E-state index contributed by atoms with van der Waals surface area (Å²) >= 11 is 0. The molecule has 0 bridgehead atoms. The molecule has 0 fully saturated rings. The molecule has 2 N–H and O–H groups in total. The van der Waals surface area contributed by atoms with E-state index in [2.05, 4.69) is 9.46 Å². The molecule has 0 radical (unpaired) electrons. The van der Waals surface area contributed by atoms with Gasteiger partial charge in [-0.25, -0.2) is 17.9 Å². The van der Waals surface area contributed by atoms with E-state index in [4.69, 9.17) is 4.42 Å². The average molecular weight is 389 g/mol. The third-order valence-electron chi connectivity index (χ3n) is 4.07. The number of hydrogen-bond donors (Lipinski definition) is 2. The van der Waals surface area contributed by atoms with Crippen LogP contribution < -0.4 is 4.72 Å². The fourth-order valence-corrected chi connectivity index (χ4v) is 3.66. The zero-order valence-corrected chi connectivity index (χ0v) is 15.4. The summed E-state index contributed by atoms with van der Waals surface area (Å²) in [7, 11) is -2.50. The lowest BCUT2D eigenvalue weighted by molar-refractivity contribution is 0.0600. The summed E-state index contributed by atoms with van der Waals surface area (Å²) in [5.74, 6) is -0.154. The number of furan rings is 1. The van der Waals surface area contributed by atoms with Crippen molar-refractivity contribution < 1.29 is 27.5 Å². The lowest BCUT2D eigenvalue weighted by Gasteiger charge is -2.10. The Balaban J connectivity index is 1.60. The molecule has 27 heavy (non-hydrogen) atoms. The maximum atomic E-state index is 12.3. The average Bonchev–Trinajstić information content (AvgIpc) is 3.11. The smallest absolute Gasteiger partial charge is 0.337 e. The van der Waals surface area contributed by atoms with Crippen LogP contribution >= 0.6 is 0 Å². The number of carbonyl (C=O) groups is 1. The number of aliphatic hydroxyl groups is 1. The van der Waals surface area contributed by atoms with Gasteiger partial charge in [0.15, 0.2) is 0 Å². The predicted molar refractivity (Wildman–Crippen MR) is 98.8 cm³/mol. The molecule has 3 rings (SSSR count). The number of benzene rings is 2. The highest BCUT2D eigenvalue weighted by Crippen LogP contribution is 2.25. The SMILES string of the molecule is COC(=O)c1ccc(S(=O)(=O)NCC[C@H](O)c2cc3ccccc3o2)cc1. The van der Waals surface area contributed by atoms with Gasteiger partial charge in [0.2, 0.25) is 10.0 Å². The summed E-state index contributed by atoms with van der Waals surface area (Å²) in [6.07, 6.45) is -0.777. The first kappa shape index (κ1) is 19.1. The Kier molecular flexibility index (Phi) is 5.59. The van der Waals surface area contributed by atoms with Gasteiger partial charge in [-0.1, -0.05) is 18.2 Å².